The van der Waals surface area contributed by atoms with E-state index in [0.717, 1.165) is 23.7 Å². The van der Waals surface area contributed by atoms with Gasteiger partial charge < -0.3 is 9.80 Å². The Morgan fingerprint density at radius 3 is 1.05 bits per heavy atom. The Bertz CT molecular complexity index is 1740. The van der Waals surface area contributed by atoms with E-state index < -0.39 is 0 Å². The van der Waals surface area contributed by atoms with Crippen molar-refractivity contribution in [3.8, 4) is 0 Å². The van der Waals surface area contributed by atoms with E-state index in [1.165, 1.54) is 89.4 Å². The lowest BCUT2D eigenvalue weighted by molar-refractivity contribution is 0.0863. The molecule has 2 saturated heterocycles. The SMILES string of the molecule is CC1CCC(C(C)C)C2(C1)CC(C)(C)N(c1c(C(C)C)cccc1C(C)C)C2=PP=PP=C1N(c2c(C(C)C)cccc2C(C)C)C(C)(C)CC12CC(C)CCC2C(C)C. The molecule has 2 heterocycles. The number of hydrogen-bond acceptors (Lipinski definition) is 0. The molecule has 60 heavy (non-hydrogen) atoms. The van der Waals surface area contributed by atoms with Crippen molar-refractivity contribution >= 4 is 53.1 Å². The standard InChI is InChI=1S/C54H86N2P4/c1-33(2)41-21-19-22-42(34(3)4)47(41)55-49(53(31-51(55,15)16)29-39(13)25-27-45(53)37(9)10)57-59-60-58-50-54(30-40(14)26-28-46(54)38(11)12)32-52(17,18)56(50)48-43(35(5)6)23-20-24-44(48)36(7)8/h19-24,33-40,45-46H,25-32H2,1-18H3. The van der Waals surface area contributed by atoms with Crippen LogP contribution in [-0.2, 0) is 0 Å². The molecule has 2 aromatic carbocycles. The van der Waals surface area contributed by atoms with Crippen LogP contribution in [0.1, 0.15) is 222 Å². The van der Waals surface area contributed by atoms with Crippen molar-refractivity contribution < 1.29 is 0 Å². The summed E-state index contributed by atoms with van der Waals surface area (Å²) in [6.45, 7) is 45.2. The normalized spacial score (nSPS) is 30.9. The highest BCUT2D eigenvalue weighted by Crippen LogP contribution is 2.65. The first-order valence-electron chi connectivity index (χ1n) is 24.4. The van der Waals surface area contributed by atoms with Gasteiger partial charge in [-0.25, -0.2) is 0 Å². The minimum absolute atomic E-state index is 0.0485. The van der Waals surface area contributed by atoms with Gasteiger partial charge in [-0.15, -0.1) is 0 Å². The fraction of sp³-hybridized carbons (Fsp3) is 0.741. The van der Waals surface area contributed by atoms with Crippen LogP contribution in [0.2, 0.25) is 0 Å². The van der Waals surface area contributed by atoms with Crippen molar-refractivity contribution in [1.29, 1.82) is 0 Å². The summed E-state index contributed by atoms with van der Waals surface area (Å²) >= 11 is 0. The molecule has 2 spiro atoms. The van der Waals surface area contributed by atoms with Crippen LogP contribution in [0.5, 0.6) is 0 Å². The first-order chi connectivity index (χ1) is 28.0. The molecule has 0 aromatic heterocycles. The van der Waals surface area contributed by atoms with Crippen molar-refractivity contribution in [2.45, 2.75) is 211 Å². The molecule has 0 N–H and O–H groups in total. The second-order valence-corrected chi connectivity index (χ2v) is 30.7. The van der Waals surface area contributed by atoms with Gasteiger partial charge in [0.25, 0.3) is 0 Å². The van der Waals surface area contributed by atoms with E-state index in [1.54, 1.807) is 37.3 Å². The average molecular weight is 887 g/mol. The van der Waals surface area contributed by atoms with Gasteiger partial charge in [0, 0.05) is 33.3 Å². The van der Waals surface area contributed by atoms with E-state index in [4.69, 9.17) is 0 Å². The van der Waals surface area contributed by atoms with Crippen LogP contribution < -0.4 is 9.80 Å². The van der Waals surface area contributed by atoms with Gasteiger partial charge in [-0.2, -0.15) is 0 Å². The van der Waals surface area contributed by atoms with Crippen LogP contribution in [0.15, 0.2) is 36.4 Å². The Hall–Kier alpha value is -1.02. The lowest BCUT2D eigenvalue weighted by Gasteiger charge is -2.47. The molecule has 6 heteroatoms. The van der Waals surface area contributed by atoms with Crippen molar-refractivity contribution in [2.75, 3.05) is 9.80 Å². The van der Waals surface area contributed by atoms with Gasteiger partial charge in [0.15, 0.2) is 0 Å². The maximum Gasteiger partial charge on any atom is 0.0576 e. The molecular weight excluding hydrogens is 801 g/mol. The molecule has 2 aliphatic heterocycles. The lowest BCUT2D eigenvalue weighted by atomic mass is 9.58. The zero-order chi connectivity index (χ0) is 44.3. The average Bonchev–Trinajstić information content (AvgIpc) is 3.48. The monoisotopic (exact) mass is 887 g/mol. The molecule has 2 aliphatic carbocycles. The molecule has 4 aliphatic rings. The number of hydrogen-bond donors (Lipinski definition) is 0. The Labute approximate surface area is 376 Å². The molecule has 6 atom stereocenters. The fourth-order valence-corrected chi connectivity index (χ4v) is 22.9. The third kappa shape index (κ3) is 8.86. The Kier molecular flexibility index (Phi) is 14.9. The molecule has 332 valence electrons. The van der Waals surface area contributed by atoms with Gasteiger partial charge in [0.1, 0.15) is 0 Å². The van der Waals surface area contributed by atoms with E-state index in [2.05, 4.69) is 171 Å². The highest BCUT2D eigenvalue weighted by Gasteiger charge is 2.60. The summed E-state index contributed by atoms with van der Waals surface area (Å²) in [4.78, 5) is 5.99. The summed E-state index contributed by atoms with van der Waals surface area (Å²) in [5.74, 6) is 6.24. The molecule has 2 nitrogen and oxygen atoms in total. The number of para-hydroxylation sites is 2. The van der Waals surface area contributed by atoms with Gasteiger partial charge in [-0.3, -0.25) is 0 Å². The second-order valence-electron chi connectivity index (χ2n) is 23.7. The van der Waals surface area contributed by atoms with Crippen LogP contribution in [0.3, 0.4) is 0 Å². The number of nitrogens with zero attached hydrogens (tertiary/aromatic N) is 2. The second kappa shape index (κ2) is 18.5. The number of anilines is 2. The van der Waals surface area contributed by atoms with Crippen LogP contribution >= 0.6 is 30.9 Å². The molecule has 4 fully saturated rings. The van der Waals surface area contributed by atoms with Crippen LogP contribution in [0.25, 0.3) is 0 Å². The van der Waals surface area contributed by atoms with Crippen LogP contribution in [0.4, 0.5) is 11.4 Å². The highest BCUT2D eigenvalue weighted by atomic mass is 32.4. The maximum absolute atomic E-state index is 3.00. The lowest BCUT2D eigenvalue weighted by Crippen LogP contribution is -2.46. The van der Waals surface area contributed by atoms with E-state index in [-0.39, 0.29) is 21.9 Å². The van der Waals surface area contributed by atoms with Crippen molar-refractivity contribution in [1.82, 2.24) is 0 Å². The van der Waals surface area contributed by atoms with Gasteiger partial charge in [-0.05, 0) is 179 Å². The number of benzene rings is 2. The summed E-state index contributed by atoms with van der Waals surface area (Å²) in [6, 6.07) is 14.5. The first kappa shape index (κ1) is 48.4. The smallest absolute Gasteiger partial charge is 0.0576 e. The van der Waals surface area contributed by atoms with E-state index in [9.17, 15) is 0 Å². The molecule has 0 bridgehead atoms. The molecule has 2 aromatic rings. The predicted molar refractivity (Wildman–Crippen MR) is 277 cm³/mol. The van der Waals surface area contributed by atoms with Crippen LogP contribution in [0, 0.1) is 46.3 Å². The van der Waals surface area contributed by atoms with E-state index >= 15 is 0 Å². The number of rotatable bonds is 10. The molecule has 0 radical (unpaired) electrons. The minimum Gasteiger partial charge on any atom is -0.334 e. The van der Waals surface area contributed by atoms with Gasteiger partial charge >= 0.3 is 0 Å². The topological polar surface area (TPSA) is 6.48 Å². The zero-order valence-corrected chi connectivity index (χ0v) is 45.2. The zero-order valence-electron chi connectivity index (χ0n) is 41.6. The molecule has 0 amide bonds. The summed E-state index contributed by atoms with van der Waals surface area (Å²) < 4.78 is 0. The Morgan fingerprint density at radius 2 is 0.783 bits per heavy atom. The van der Waals surface area contributed by atoms with Gasteiger partial charge in [0.05, 0.1) is 10.8 Å². The quantitative estimate of drug-likeness (QED) is 0.219. The molecular formula is C54H86N2P4. The molecule has 6 unspecified atom stereocenters. The molecule has 6 rings (SSSR count). The maximum atomic E-state index is 3.00. The van der Waals surface area contributed by atoms with E-state index in [1.807, 2.05) is 0 Å². The van der Waals surface area contributed by atoms with Crippen LogP contribution in [-0.4, -0.2) is 21.9 Å². The van der Waals surface area contributed by atoms with Gasteiger partial charge in [-0.1, -0.05) is 146 Å². The van der Waals surface area contributed by atoms with E-state index in [0.29, 0.717) is 35.5 Å². The van der Waals surface area contributed by atoms with Crippen molar-refractivity contribution in [3.05, 3.63) is 58.7 Å². The Balaban J connectivity index is 1.64. The predicted octanol–water partition coefficient (Wildman–Crippen LogP) is 18.8. The summed E-state index contributed by atoms with van der Waals surface area (Å²) in [6.07, 6.45) is 10.7. The highest BCUT2D eigenvalue weighted by molar-refractivity contribution is 8.40. The minimum atomic E-state index is 0.0485. The van der Waals surface area contributed by atoms with Gasteiger partial charge in [0.2, 0.25) is 0 Å². The first-order valence-corrected chi connectivity index (χ1v) is 30.1. The summed E-state index contributed by atoms with van der Waals surface area (Å²) in [5, 5.41) is 0. The third-order valence-corrected chi connectivity index (χ3v) is 24.2. The van der Waals surface area contributed by atoms with Crippen molar-refractivity contribution in [2.24, 2.45) is 46.3 Å². The molecule has 2 saturated carbocycles. The fourth-order valence-electron chi connectivity index (χ4n) is 13.7. The Morgan fingerprint density at radius 1 is 0.483 bits per heavy atom. The summed E-state index contributed by atoms with van der Waals surface area (Å²) in [7, 11) is 6.15. The summed E-state index contributed by atoms with van der Waals surface area (Å²) in [5.41, 5.74) is 13.3. The van der Waals surface area contributed by atoms with Crippen molar-refractivity contribution in [3.63, 3.8) is 0 Å². The third-order valence-electron chi connectivity index (χ3n) is 15.9. The largest absolute Gasteiger partial charge is 0.334 e.